The average molecular weight is 278 g/mol. The molecule has 0 saturated heterocycles. The van der Waals surface area contributed by atoms with Crippen LogP contribution in [0.1, 0.15) is 25.8 Å². The summed E-state index contributed by atoms with van der Waals surface area (Å²) in [5.41, 5.74) is 5.22. The minimum Gasteiger partial charge on any atom is -0.327 e. The van der Waals surface area contributed by atoms with Crippen LogP contribution in [0.25, 0.3) is 0 Å². The van der Waals surface area contributed by atoms with Gasteiger partial charge in [-0.15, -0.1) is 11.8 Å². The topological polar surface area (TPSA) is 38.9 Å². The summed E-state index contributed by atoms with van der Waals surface area (Å²) in [5, 5.41) is 0.571. The third-order valence-electron chi connectivity index (χ3n) is 2.86. The van der Waals surface area contributed by atoms with Crippen molar-refractivity contribution < 1.29 is 13.2 Å². The lowest BCUT2D eigenvalue weighted by Gasteiger charge is -2.17. The molecule has 0 saturated carbocycles. The highest BCUT2D eigenvalue weighted by Gasteiger charge is 2.30. The van der Waals surface area contributed by atoms with Crippen molar-refractivity contribution in [1.29, 1.82) is 0 Å². The van der Waals surface area contributed by atoms with E-state index in [4.69, 9.17) is 5.73 Å². The van der Waals surface area contributed by atoms with Gasteiger partial charge in [-0.3, -0.25) is 0 Å². The van der Waals surface area contributed by atoms with Gasteiger partial charge in [-0.25, -0.2) is 4.98 Å². The molecule has 0 bridgehead atoms. The first-order valence-corrected chi connectivity index (χ1v) is 6.74. The first-order valence-electron chi connectivity index (χ1n) is 5.76. The van der Waals surface area contributed by atoms with Crippen molar-refractivity contribution in [3.8, 4) is 0 Å². The molecule has 1 rings (SSSR count). The van der Waals surface area contributed by atoms with Crippen molar-refractivity contribution in [1.82, 2.24) is 4.98 Å². The molecule has 6 heteroatoms. The number of rotatable bonds is 5. The van der Waals surface area contributed by atoms with Crippen LogP contribution >= 0.6 is 11.8 Å². The molecule has 0 spiro atoms. The highest BCUT2D eigenvalue weighted by Crippen LogP contribution is 2.29. The number of hydrogen-bond acceptors (Lipinski definition) is 3. The zero-order chi connectivity index (χ0) is 13.8. The van der Waals surface area contributed by atoms with Crippen LogP contribution in [0.2, 0.25) is 0 Å². The molecule has 2 atom stereocenters. The van der Waals surface area contributed by atoms with Gasteiger partial charge in [-0.1, -0.05) is 20.3 Å². The van der Waals surface area contributed by atoms with Gasteiger partial charge in [0.25, 0.3) is 0 Å². The van der Waals surface area contributed by atoms with E-state index in [1.807, 2.05) is 0 Å². The second-order valence-corrected chi connectivity index (χ2v) is 5.28. The Hall–Kier alpha value is -0.750. The molecule has 102 valence electrons. The second-order valence-electron chi connectivity index (χ2n) is 4.24. The van der Waals surface area contributed by atoms with Gasteiger partial charge in [0.1, 0.15) is 0 Å². The Morgan fingerprint density at radius 3 is 2.50 bits per heavy atom. The van der Waals surface area contributed by atoms with Gasteiger partial charge in [0.2, 0.25) is 0 Å². The molecule has 18 heavy (non-hydrogen) atoms. The first kappa shape index (κ1) is 15.3. The Balaban J connectivity index is 2.54. The molecule has 0 radical (unpaired) electrons. The van der Waals surface area contributed by atoms with Crippen LogP contribution in [0, 0.1) is 5.92 Å². The molecule has 0 fully saturated rings. The fourth-order valence-electron chi connectivity index (χ4n) is 1.28. The summed E-state index contributed by atoms with van der Waals surface area (Å²) in [6, 6.07) is 2.46. The Labute approximate surface area is 109 Å². The van der Waals surface area contributed by atoms with Crippen LogP contribution in [-0.4, -0.2) is 16.8 Å². The summed E-state index contributed by atoms with van der Waals surface area (Å²) in [4.78, 5) is 3.79. The molecular weight excluding hydrogens is 261 g/mol. The van der Waals surface area contributed by atoms with Crippen LogP contribution in [0.5, 0.6) is 0 Å². The highest BCUT2D eigenvalue weighted by molar-refractivity contribution is 7.99. The van der Waals surface area contributed by atoms with E-state index in [0.717, 1.165) is 18.7 Å². The summed E-state index contributed by atoms with van der Waals surface area (Å²) >= 11 is 1.39. The van der Waals surface area contributed by atoms with Crippen molar-refractivity contribution in [2.45, 2.75) is 37.5 Å². The molecule has 1 aromatic rings. The van der Waals surface area contributed by atoms with Crippen LogP contribution in [0.4, 0.5) is 13.2 Å². The Morgan fingerprint density at radius 1 is 1.39 bits per heavy atom. The summed E-state index contributed by atoms with van der Waals surface area (Å²) in [6.45, 7) is 4.12. The molecule has 0 aliphatic heterocycles. The van der Waals surface area contributed by atoms with E-state index in [1.165, 1.54) is 17.8 Å². The number of nitrogens with zero attached hydrogens (tertiary/aromatic N) is 1. The van der Waals surface area contributed by atoms with E-state index in [-0.39, 0.29) is 6.04 Å². The first-order chi connectivity index (χ1) is 8.34. The molecule has 2 N–H and O–H groups in total. The van der Waals surface area contributed by atoms with Gasteiger partial charge >= 0.3 is 6.18 Å². The molecule has 1 heterocycles. The minimum absolute atomic E-state index is 0.0316. The predicted molar refractivity (Wildman–Crippen MR) is 67.4 cm³/mol. The van der Waals surface area contributed by atoms with E-state index in [0.29, 0.717) is 16.7 Å². The lowest BCUT2D eigenvalue weighted by Crippen LogP contribution is -2.30. The fourth-order valence-corrected chi connectivity index (χ4v) is 2.27. The zero-order valence-corrected chi connectivity index (χ0v) is 11.2. The lowest BCUT2D eigenvalue weighted by molar-refractivity contribution is -0.137. The fraction of sp³-hybridized carbons (Fsp3) is 0.583. The monoisotopic (exact) mass is 278 g/mol. The molecule has 0 aliphatic rings. The van der Waals surface area contributed by atoms with Gasteiger partial charge < -0.3 is 5.73 Å². The lowest BCUT2D eigenvalue weighted by atomic mass is 10.0. The van der Waals surface area contributed by atoms with Crippen LogP contribution in [0.3, 0.4) is 0 Å². The number of hydrogen-bond donors (Lipinski definition) is 1. The van der Waals surface area contributed by atoms with Gasteiger partial charge in [0.05, 0.1) is 10.6 Å². The number of thioether (sulfide) groups is 1. The summed E-state index contributed by atoms with van der Waals surface area (Å²) in [6.07, 6.45) is -2.48. The van der Waals surface area contributed by atoms with Gasteiger partial charge in [0.15, 0.2) is 0 Å². The van der Waals surface area contributed by atoms with E-state index in [1.54, 1.807) is 0 Å². The van der Waals surface area contributed by atoms with Gasteiger partial charge in [-0.05, 0) is 18.1 Å². The molecule has 2 unspecified atom stereocenters. The second kappa shape index (κ2) is 6.43. The predicted octanol–water partition coefficient (Wildman–Crippen LogP) is 3.57. The SMILES string of the molecule is CCC(C)C(N)CSc1ccc(C(F)(F)F)cn1. The largest absolute Gasteiger partial charge is 0.417 e. The van der Waals surface area contributed by atoms with Gasteiger partial charge in [0, 0.05) is 18.0 Å². The number of halogens is 3. The third kappa shape index (κ3) is 4.49. The molecule has 0 amide bonds. The molecular formula is C12H17F3N2S. The number of alkyl halides is 3. The van der Waals surface area contributed by atoms with Gasteiger partial charge in [-0.2, -0.15) is 13.2 Å². The quantitative estimate of drug-likeness (QED) is 0.837. The van der Waals surface area contributed by atoms with E-state index in [9.17, 15) is 13.2 Å². The van der Waals surface area contributed by atoms with Crippen molar-refractivity contribution in [2.24, 2.45) is 11.7 Å². The number of pyridine rings is 1. The average Bonchev–Trinajstić information content (AvgIpc) is 2.34. The maximum absolute atomic E-state index is 12.3. The molecule has 0 aromatic carbocycles. The van der Waals surface area contributed by atoms with Crippen molar-refractivity contribution >= 4 is 11.8 Å². The van der Waals surface area contributed by atoms with Crippen molar-refractivity contribution in [2.75, 3.05) is 5.75 Å². The maximum atomic E-state index is 12.3. The zero-order valence-electron chi connectivity index (χ0n) is 10.4. The highest BCUT2D eigenvalue weighted by atomic mass is 32.2. The smallest absolute Gasteiger partial charge is 0.327 e. The standard InChI is InChI=1S/C12H17F3N2S/c1-3-8(2)10(16)7-18-11-5-4-9(6-17-11)12(13,14)15/h4-6,8,10H,3,7,16H2,1-2H3. The summed E-state index contributed by atoms with van der Waals surface area (Å²) in [7, 11) is 0. The van der Waals surface area contributed by atoms with Crippen LogP contribution in [0.15, 0.2) is 23.4 Å². The van der Waals surface area contributed by atoms with Crippen LogP contribution < -0.4 is 5.73 Å². The molecule has 1 aromatic heterocycles. The normalized spacial score (nSPS) is 15.4. The van der Waals surface area contributed by atoms with E-state index < -0.39 is 11.7 Å². The minimum atomic E-state index is -4.33. The Bertz CT molecular complexity index is 365. The third-order valence-corrected chi connectivity index (χ3v) is 3.95. The summed E-state index contributed by atoms with van der Waals surface area (Å²) < 4.78 is 37.0. The molecule has 0 aliphatic carbocycles. The molecule has 2 nitrogen and oxygen atoms in total. The van der Waals surface area contributed by atoms with E-state index in [2.05, 4.69) is 18.8 Å². The van der Waals surface area contributed by atoms with Crippen molar-refractivity contribution in [3.63, 3.8) is 0 Å². The van der Waals surface area contributed by atoms with Crippen LogP contribution in [-0.2, 0) is 6.18 Å². The Morgan fingerprint density at radius 2 is 2.06 bits per heavy atom. The maximum Gasteiger partial charge on any atom is 0.417 e. The van der Waals surface area contributed by atoms with E-state index >= 15 is 0 Å². The number of nitrogens with two attached hydrogens (primary N) is 1. The number of aromatic nitrogens is 1. The van der Waals surface area contributed by atoms with Crippen molar-refractivity contribution in [3.05, 3.63) is 23.9 Å². The summed E-state index contributed by atoms with van der Waals surface area (Å²) in [5.74, 6) is 1.06. The Kier molecular flexibility index (Phi) is 5.47.